The van der Waals surface area contributed by atoms with Gasteiger partial charge in [-0.05, 0) is 29.8 Å². The number of esters is 1. The average Bonchev–Trinajstić information content (AvgIpc) is 2.72. The van der Waals surface area contributed by atoms with Gasteiger partial charge in [-0.2, -0.15) is 0 Å². The van der Waals surface area contributed by atoms with Crippen molar-refractivity contribution < 1.29 is 24.0 Å². The summed E-state index contributed by atoms with van der Waals surface area (Å²) in [6.45, 7) is 2.09. The summed E-state index contributed by atoms with van der Waals surface area (Å²) in [6, 6.07) is 12.6. The average molecular weight is 386 g/mol. The summed E-state index contributed by atoms with van der Waals surface area (Å²) in [5.41, 5.74) is 1.06. The fraction of sp³-hybridized carbons (Fsp3) is 0.300. The molecule has 0 saturated carbocycles. The predicted molar refractivity (Wildman–Crippen MR) is 102 cm³/mol. The number of non-ortho nitro benzene ring substituents is 1. The zero-order valence-electron chi connectivity index (χ0n) is 16.0. The molecule has 0 N–H and O–H groups in total. The second-order valence-electron chi connectivity index (χ2n) is 6.26. The van der Waals surface area contributed by atoms with Crippen LogP contribution in [-0.4, -0.2) is 42.5 Å². The molecular formula is C20H22N2O6. The van der Waals surface area contributed by atoms with Crippen molar-refractivity contribution in [2.24, 2.45) is 5.92 Å². The highest BCUT2D eigenvalue weighted by atomic mass is 16.6. The molecule has 0 aliphatic carbocycles. The maximum absolute atomic E-state index is 13.0. The Kier molecular flexibility index (Phi) is 7.08. The molecule has 1 atom stereocenters. The van der Waals surface area contributed by atoms with Crippen LogP contribution < -0.4 is 4.74 Å². The first kappa shape index (κ1) is 20.9. The normalized spacial score (nSPS) is 11.4. The summed E-state index contributed by atoms with van der Waals surface area (Å²) >= 11 is 0. The van der Waals surface area contributed by atoms with Crippen LogP contribution >= 0.6 is 0 Å². The lowest BCUT2D eigenvalue weighted by molar-refractivity contribution is -0.384. The van der Waals surface area contributed by atoms with Gasteiger partial charge in [-0.1, -0.05) is 19.1 Å². The molecule has 1 amide bonds. The Labute approximate surface area is 162 Å². The number of nitrogens with zero attached hydrogens (tertiary/aromatic N) is 2. The molecule has 0 aliphatic rings. The van der Waals surface area contributed by atoms with Gasteiger partial charge in [0.05, 0.1) is 25.1 Å². The van der Waals surface area contributed by atoms with E-state index in [1.807, 2.05) is 12.1 Å². The highest BCUT2D eigenvalue weighted by Gasteiger charge is 2.23. The van der Waals surface area contributed by atoms with Gasteiger partial charge >= 0.3 is 5.97 Å². The van der Waals surface area contributed by atoms with Crippen molar-refractivity contribution in [1.29, 1.82) is 0 Å². The number of nitro groups is 1. The second-order valence-corrected chi connectivity index (χ2v) is 6.26. The van der Waals surface area contributed by atoms with E-state index in [0.717, 1.165) is 5.56 Å². The van der Waals surface area contributed by atoms with E-state index in [-0.39, 0.29) is 24.7 Å². The van der Waals surface area contributed by atoms with E-state index in [9.17, 15) is 19.7 Å². The number of nitro benzene ring substituents is 1. The van der Waals surface area contributed by atoms with E-state index in [0.29, 0.717) is 11.3 Å². The zero-order valence-corrected chi connectivity index (χ0v) is 16.0. The number of amides is 1. The van der Waals surface area contributed by atoms with Crippen LogP contribution in [0.25, 0.3) is 0 Å². The Balaban J connectivity index is 2.25. The Morgan fingerprint density at radius 2 is 1.68 bits per heavy atom. The topological polar surface area (TPSA) is 99.0 Å². The standard InChI is InChI=1S/C20H22N2O6/c1-14(20(24)28-3)12-21(13-15-4-10-18(27-2)11-5-15)19(23)16-6-8-17(9-7-16)22(25)26/h4-11,14H,12-13H2,1-3H3. The Hall–Kier alpha value is -3.42. The fourth-order valence-electron chi connectivity index (χ4n) is 2.69. The van der Waals surface area contributed by atoms with Crippen LogP contribution in [0.1, 0.15) is 22.8 Å². The number of hydrogen-bond donors (Lipinski definition) is 0. The van der Waals surface area contributed by atoms with Crippen LogP contribution in [0.5, 0.6) is 5.75 Å². The first-order valence-electron chi connectivity index (χ1n) is 8.60. The zero-order chi connectivity index (χ0) is 20.7. The molecule has 2 aromatic rings. The van der Waals surface area contributed by atoms with E-state index in [1.165, 1.54) is 36.3 Å². The number of ether oxygens (including phenoxy) is 2. The molecule has 0 bridgehead atoms. The Morgan fingerprint density at radius 1 is 1.07 bits per heavy atom. The maximum Gasteiger partial charge on any atom is 0.310 e. The van der Waals surface area contributed by atoms with Crippen molar-refractivity contribution in [3.8, 4) is 5.75 Å². The van der Waals surface area contributed by atoms with Crippen molar-refractivity contribution in [3.05, 3.63) is 69.8 Å². The SMILES string of the molecule is COC(=O)C(C)CN(Cc1ccc(OC)cc1)C(=O)c1ccc([N+](=O)[O-])cc1. The monoisotopic (exact) mass is 386 g/mol. The lowest BCUT2D eigenvalue weighted by atomic mass is 10.1. The van der Waals surface area contributed by atoms with Crippen LogP contribution in [0.2, 0.25) is 0 Å². The molecule has 1 unspecified atom stereocenters. The minimum Gasteiger partial charge on any atom is -0.497 e. The lowest BCUT2D eigenvalue weighted by Crippen LogP contribution is -2.36. The summed E-state index contributed by atoms with van der Waals surface area (Å²) in [5, 5.41) is 10.8. The molecule has 0 saturated heterocycles. The van der Waals surface area contributed by atoms with Crippen LogP contribution in [0.3, 0.4) is 0 Å². The maximum atomic E-state index is 13.0. The van der Waals surface area contributed by atoms with E-state index in [1.54, 1.807) is 26.2 Å². The Bertz CT molecular complexity index is 833. The largest absolute Gasteiger partial charge is 0.497 e. The first-order valence-corrected chi connectivity index (χ1v) is 8.60. The van der Waals surface area contributed by atoms with Crippen molar-refractivity contribution in [2.45, 2.75) is 13.5 Å². The van der Waals surface area contributed by atoms with Crippen molar-refractivity contribution >= 4 is 17.6 Å². The fourth-order valence-corrected chi connectivity index (χ4v) is 2.69. The molecule has 0 radical (unpaired) electrons. The molecule has 28 heavy (non-hydrogen) atoms. The molecule has 8 heteroatoms. The van der Waals surface area contributed by atoms with Gasteiger partial charge in [-0.25, -0.2) is 0 Å². The van der Waals surface area contributed by atoms with Crippen LogP contribution in [-0.2, 0) is 16.1 Å². The quantitative estimate of drug-likeness (QED) is 0.393. The number of carbonyl (C=O) groups excluding carboxylic acids is 2. The third-order valence-electron chi connectivity index (χ3n) is 4.24. The number of carbonyl (C=O) groups is 2. The van der Waals surface area contributed by atoms with Gasteiger partial charge in [-0.3, -0.25) is 19.7 Å². The molecule has 8 nitrogen and oxygen atoms in total. The number of methoxy groups -OCH3 is 2. The molecule has 2 aromatic carbocycles. The summed E-state index contributed by atoms with van der Waals surface area (Å²) in [4.78, 5) is 36.6. The summed E-state index contributed by atoms with van der Waals surface area (Å²) in [5.74, 6) is -0.581. The number of hydrogen-bond acceptors (Lipinski definition) is 6. The van der Waals surface area contributed by atoms with Gasteiger partial charge < -0.3 is 14.4 Å². The van der Waals surface area contributed by atoms with Crippen LogP contribution in [0.4, 0.5) is 5.69 Å². The van der Waals surface area contributed by atoms with Gasteiger partial charge in [0.15, 0.2) is 0 Å². The van der Waals surface area contributed by atoms with E-state index in [2.05, 4.69) is 0 Å². The summed E-state index contributed by atoms with van der Waals surface area (Å²) in [6.07, 6.45) is 0. The summed E-state index contributed by atoms with van der Waals surface area (Å²) in [7, 11) is 2.86. The third kappa shape index (κ3) is 5.29. The molecule has 0 aromatic heterocycles. The third-order valence-corrected chi connectivity index (χ3v) is 4.24. The van der Waals surface area contributed by atoms with Crippen molar-refractivity contribution in [1.82, 2.24) is 4.90 Å². The molecular weight excluding hydrogens is 364 g/mol. The van der Waals surface area contributed by atoms with Crippen LogP contribution in [0.15, 0.2) is 48.5 Å². The molecule has 0 spiro atoms. The van der Waals surface area contributed by atoms with Gasteiger partial charge in [-0.15, -0.1) is 0 Å². The molecule has 0 heterocycles. The molecule has 148 valence electrons. The second kappa shape index (κ2) is 9.50. The van der Waals surface area contributed by atoms with E-state index >= 15 is 0 Å². The summed E-state index contributed by atoms with van der Waals surface area (Å²) < 4.78 is 9.89. The molecule has 2 rings (SSSR count). The van der Waals surface area contributed by atoms with Crippen molar-refractivity contribution in [3.63, 3.8) is 0 Å². The van der Waals surface area contributed by atoms with Crippen molar-refractivity contribution in [2.75, 3.05) is 20.8 Å². The number of benzene rings is 2. The highest BCUT2D eigenvalue weighted by molar-refractivity contribution is 5.94. The van der Waals surface area contributed by atoms with Gasteiger partial charge in [0, 0.05) is 30.8 Å². The molecule has 0 aliphatic heterocycles. The highest BCUT2D eigenvalue weighted by Crippen LogP contribution is 2.18. The number of rotatable bonds is 8. The smallest absolute Gasteiger partial charge is 0.310 e. The van der Waals surface area contributed by atoms with E-state index < -0.39 is 16.8 Å². The Morgan fingerprint density at radius 3 is 2.18 bits per heavy atom. The van der Waals surface area contributed by atoms with Gasteiger partial charge in [0.2, 0.25) is 0 Å². The minimum atomic E-state index is -0.525. The van der Waals surface area contributed by atoms with Gasteiger partial charge in [0.25, 0.3) is 11.6 Å². The minimum absolute atomic E-state index is 0.0961. The van der Waals surface area contributed by atoms with E-state index in [4.69, 9.17) is 9.47 Å². The lowest BCUT2D eigenvalue weighted by Gasteiger charge is -2.25. The van der Waals surface area contributed by atoms with Gasteiger partial charge in [0.1, 0.15) is 5.75 Å². The van der Waals surface area contributed by atoms with Crippen LogP contribution in [0, 0.1) is 16.0 Å². The first-order chi connectivity index (χ1) is 13.3. The molecule has 0 fully saturated rings. The predicted octanol–water partition coefficient (Wildman–Crippen LogP) is 3.05.